The van der Waals surface area contributed by atoms with Crippen LogP contribution >= 0.6 is 0 Å². The molecule has 1 heterocycles. The van der Waals surface area contributed by atoms with Gasteiger partial charge in [-0.2, -0.15) is 0 Å². The van der Waals surface area contributed by atoms with Crippen LogP contribution in [0.3, 0.4) is 0 Å². The highest BCUT2D eigenvalue weighted by Gasteiger charge is 2.03. The van der Waals surface area contributed by atoms with Crippen LogP contribution in [-0.2, 0) is 11.3 Å². The number of aromatic nitrogens is 1. The van der Waals surface area contributed by atoms with Crippen molar-refractivity contribution >= 4 is 11.6 Å². The first-order chi connectivity index (χ1) is 12.7. The van der Waals surface area contributed by atoms with Crippen LogP contribution in [0.25, 0.3) is 0 Å². The largest absolute Gasteiger partial charge is 0.493 e. The van der Waals surface area contributed by atoms with Crippen molar-refractivity contribution in [3.05, 3.63) is 53.9 Å². The van der Waals surface area contributed by atoms with Crippen LogP contribution in [0.1, 0.15) is 24.6 Å². The molecule has 26 heavy (non-hydrogen) atoms. The van der Waals surface area contributed by atoms with Gasteiger partial charge in [0, 0.05) is 44.6 Å². The first-order valence-corrected chi connectivity index (χ1v) is 8.90. The molecule has 0 radical (unpaired) electrons. The summed E-state index contributed by atoms with van der Waals surface area (Å²) < 4.78 is 10.8. The van der Waals surface area contributed by atoms with Gasteiger partial charge in [-0.1, -0.05) is 12.1 Å². The number of rotatable bonds is 9. The number of hydrogen-bond donors (Lipinski definition) is 2. The Labute approximate surface area is 155 Å². The first-order valence-electron chi connectivity index (χ1n) is 8.90. The smallest absolute Gasteiger partial charge is 0.196 e. The molecule has 0 aliphatic carbocycles. The maximum Gasteiger partial charge on any atom is 0.196 e. The van der Waals surface area contributed by atoms with Crippen molar-refractivity contribution in [2.45, 2.75) is 26.8 Å². The van der Waals surface area contributed by atoms with Crippen molar-refractivity contribution < 1.29 is 9.47 Å². The van der Waals surface area contributed by atoms with Crippen molar-refractivity contribution in [3.63, 3.8) is 0 Å². The molecule has 1 aromatic carbocycles. The Kier molecular flexibility index (Phi) is 8.42. The van der Waals surface area contributed by atoms with Crippen LogP contribution in [0, 0.1) is 6.92 Å². The Morgan fingerprint density at radius 2 is 2.08 bits per heavy atom. The minimum atomic E-state index is 0.523. The summed E-state index contributed by atoms with van der Waals surface area (Å²) in [5, 5.41) is 6.57. The molecule has 0 unspecified atom stereocenters. The SMILES string of the molecule is CCNC(=NCc1ncccc1C)Nc1cccc(OCCCOC)c1. The number of guanidine groups is 1. The zero-order chi connectivity index (χ0) is 18.6. The molecule has 0 saturated carbocycles. The molecule has 0 aliphatic heterocycles. The van der Waals surface area contributed by atoms with Crippen molar-refractivity contribution in [3.8, 4) is 5.75 Å². The quantitative estimate of drug-likeness (QED) is 0.410. The Morgan fingerprint density at radius 1 is 1.19 bits per heavy atom. The number of benzene rings is 1. The van der Waals surface area contributed by atoms with Gasteiger partial charge in [0.15, 0.2) is 5.96 Å². The number of nitrogens with one attached hydrogen (secondary N) is 2. The minimum Gasteiger partial charge on any atom is -0.493 e. The van der Waals surface area contributed by atoms with Crippen LogP contribution < -0.4 is 15.4 Å². The first kappa shape index (κ1) is 19.7. The fraction of sp³-hybridized carbons (Fsp3) is 0.400. The molecular formula is C20H28N4O2. The molecule has 2 rings (SSSR count). The van der Waals surface area contributed by atoms with E-state index in [0.29, 0.717) is 25.7 Å². The number of anilines is 1. The summed E-state index contributed by atoms with van der Waals surface area (Å²) in [6.45, 7) is 6.71. The van der Waals surface area contributed by atoms with Gasteiger partial charge < -0.3 is 20.1 Å². The Hall–Kier alpha value is -2.60. The number of hydrogen-bond acceptors (Lipinski definition) is 4. The van der Waals surface area contributed by atoms with Gasteiger partial charge >= 0.3 is 0 Å². The van der Waals surface area contributed by atoms with E-state index >= 15 is 0 Å². The second kappa shape index (κ2) is 11.1. The average molecular weight is 356 g/mol. The monoisotopic (exact) mass is 356 g/mol. The summed E-state index contributed by atoms with van der Waals surface area (Å²) in [4.78, 5) is 9.02. The number of ether oxygens (including phenoxy) is 2. The van der Waals surface area contributed by atoms with E-state index in [2.05, 4.69) is 20.6 Å². The molecule has 0 fully saturated rings. The number of aliphatic imine (C=N–C) groups is 1. The van der Waals surface area contributed by atoms with Crippen LogP contribution in [0.4, 0.5) is 5.69 Å². The zero-order valence-corrected chi connectivity index (χ0v) is 15.8. The van der Waals surface area contributed by atoms with Crippen LogP contribution in [-0.4, -0.2) is 37.8 Å². The van der Waals surface area contributed by atoms with Crippen LogP contribution in [0.2, 0.25) is 0 Å². The van der Waals surface area contributed by atoms with Gasteiger partial charge in [0.25, 0.3) is 0 Å². The summed E-state index contributed by atoms with van der Waals surface area (Å²) in [6, 6.07) is 11.8. The summed E-state index contributed by atoms with van der Waals surface area (Å²) in [7, 11) is 1.69. The van der Waals surface area contributed by atoms with Crippen molar-refractivity contribution in [2.75, 3.05) is 32.2 Å². The second-order valence-electron chi connectivity index (χ2n) is 5.81. The summed E-state index contributed by atoms with van der Waals surface area (Å²) in [5.74, 6) is 1.54. The van der Waals surface area contributed by atoms with Gasteiger partial charge in [0.1, 0.15) is 5.75 Å². The van der Waals surface area contributed by atoms with Crippen LogP contribution in [0.5, 0.6) is 5.75 Å². The minimum absolute atomic E-state index is 0.523. The van der Waals surface area contributed by atoms with Gasteiger partial charge in [-0.15, -0.1) is 0 Å². The fourth-order valence-electron chi connectivity index (χ4n) is 2.34. The molecule has 0 amide bonds. The third-order valence-electron chi connectivity index (χ3n) is 3.71. The molecule has 2 aromatic rings. The van der Waals surface area contributed by atoms with Gasteiger partial charge in [-0.05, 0) is 37.6 Å². The summed E-state index contributed by atoms with van der Waals surface area (Å²) >= 11 is 0. The second-order valence-corrected chi connectivity index (χ2v) is 5.81. The Morgan fingerprint density at radius 3 is 2.85 bits per heavy atom. The molecule has 0 bridgehead atoms. The van der Waals surface area contributed by atoms with Gasteiger partial charge in [0.05, 0.1) is 18.8 Å². The molecule has 0 saturated heterocycles. The zero-order valence-electron chi connectivity index (χ0n) is 15.8. The predicted octanol–water partition coefficient (Wildman–Crippen LogP) is 3.38. The lowest BCUT2D eigenvalue weighted by Crippen LogP contribution is -2.30. The van der Waals surface area contributed by atoms with E-state index in [1.165, 1.54) is 0 Å². The molecule has 2 N–H and O–H groups in total. The van der Waals surface area contributed by atoms with Gasteiger partial charge in [-0.25, -0.2) is 4.99 Å². The average Bonchev–Trinajstić information content (AvgIpc) is 2.65. The lowest BCUT2D eigenvalue weighted by molar-refractivity contribution is 0.172. The maximum absolute atomic E-state index is 5.75. The molecule has 0 aliphatic rings. The highest BCUT2D eigenvalue weighted by Crippen LogP contribution is 2.17. The molecule has 0 atom stereocenters. The van der Waals surface area contributed by atoms with E-state index in [0.717, 1.165) is 35.7 Å². The molecule has 0 spiro atoms. The van der Waals surface area contributed by atoms with E-state index in [1.807, 2.05) is 50.2 Å². The predicted molar refractivity (Wildman–Crippen MR) is 106 cm³/mol. The molecular weight excluding hydrogens is 328 g/mol. The topological polar surface area (TPSA) is 67.8 Å². The van der Waals surface area contributed by atoms with E-state index in [4.69, 9.17) is 9.47 Å². The lowest BCUT2D eigenvalue weighted by atomic mass is 10.2. The highest BCUT2D eigenvalue weighted by atomic mass is 16.5. The fourth-order valence-corrected chi connectivity index (χ4v) is 2.34. The van der Waals surface area contributed by atoms with E-state index in [9.17, 15) is 0 Å². The van der Waals surface area contributed by atoms with Crippen LogP contribution in [0.15, 0.2) is 47.6 Å². The molecule has 1 aromatic heterocycles. The van der Waals surface area contributed by atoms with E-state index < -0.39 is 0 Å². The Balaban J connectivity index is 2.00. The number of pyridine rings is 1. The van der Waals surface area contributed by atoms with Gasteiger partial charge in [0.2, 0.25) is 0 Å². The number of methoxy groups -OCH3 is 1. The lowest BCUT2D eigenvalue weighted by Gasteiger charge is -2.13. The van der Waals surface area contributed by atoms with E-state index in [1.54, 1.807) is 13.3 Å². The summed E-state index contributed by atoms with van der Waals surface area (Å²) in [6.07, 6.45) is 2.66. The number of aryl methyl sites for hydroxylation is 1. The molecule has 6 heteroatoms. The van der Waals surface area contributed by atoms with Gasteiger partial charge in [-0.3, -0.25) is 4.98 Å². The van der Waals surface area contributed by atoms with Crippen molar-refractivity contribution in [2.24, 2.45) is 4.99 Å². The normalized spacial score (nSPS) is 11.3. The third-order valence-corrected chi connectivity index (χ3v) is 3.71. The Bertz CT molecular complexity index is 704. The maximum atomic E-state index is 5.75. The highest BCUT2D eigenvalue weighted by molar-refractivity contribution is 5.93. The standard InChI is InChI=1S/C20H28N4O2/c1-4-21-20(23-15-19-16(2)8-6-11-22-19)24-17-9-5-10-18(14-17)26-13-7-12-25-3/h5-6,8-11,14H,4,7,12-13,15H2,1-3H3,(H2,21,23,24). The van der Waals surface area contributed by atoms with E-state index in [-0.39, 0.29) is 0 Å². The van der Waals surface area contributed by atoms with Crippen molar-refractivity contribution in [1.29, 1.82) is 0 Å². The molecule has 6 nitrogen and oxygen atoms in total. The third kappa shape index (κ3) is 6.72. The number of nitrogens with zero attached hydrogens (tertiary/aromatic N) is 2. The summed E-state index contributed by atoms with van der Waals surface area (Å²) in [5.41, 5.74) is 3.03. The molecule has 140 valence electrons. The van der Waals surface area contributed by atoms with Crippen molar-refractivity contribution in [1.82, 2.24) is 10.3 Å².